The molecule has 2 rings (SSSR count). The van der Waals surface area contributed by atoms with E-state index in [4.69, 9.17) is 9.47 Å². The van der Waals surface area contributed by atoms with Crippen molar-refractivity contribution in [3.8, 4) is 11.5 Å². The van der Waals surface area contributed by atoms with Crippen LogP contribution in [0, 0.1) is 5.92 Å². The van der Waals surface area contributed by atoms with Crippen LogP contribution in [0.3, 0.4) is 0 Å². The van der Waals surface area contributed by atoms with Gasteiger partial charge in [-0.1, -0.05) is 6.08 Å². The smallest absolute Gasteiger partial charge is 0.227 e. The van der Waals surface area contributed by atoms with Gasteiger partial charge in [-0.25, -0.2) is 0 Å². The van der Waals surface area contributed by atoms with Gasteiger partial charge < -0.3 is 14.4 Å². The van der Waals surface area contributed by atoms with E-state index in [-0.39, 0.29) is 11.8 Å². The van der Waals surface area contributed by atoms with Gasteiger partial charge in [-0.3, -0.25) is 4.79 Å². The zero-order chi connectivity index (χ0) is 13.1. The number of rotatable bonds is 4. The van der Waals surface area contributed by atoms with Gasteiger partial charge in [-0.2, -0.15) is 0 Å². The number of carbonyl (C=O) groups is 1. The summed E-state index contributed by atoms with van der Waals surface area (Å²) < 4.78 is 10.4. The van der Waals surface area contributed by atoms with Crippen LogP contribution in [-0.4, -0.2) is 26.7 Å². The van der Waals surface area contributed by atoms with E-state index in [0.717, 1.165) is 5.69 Å². The number of anilines is 1. The summed E-state index contributed by atoms with van der Waals surface area (Å²) in [6, 6.07) is 5.47. The predicted molar refractivity (Wildman–Crippen MR) is 70.2 cm³/mol. The Morgan fingerprint density at radius 2 is 1.89 bits per heavy atom. The van der Waals surface area contributed by atoms with Gasteiger partial charge in [0, 0.05) is 37.1 Å². The van der Waals surface area contributed by atoms with Crippen LogP contribution in [0.25, 0.3) is 0 Å². The zero-order valence-corrected chi connectivity index (χ0v) is 10.7. The SMILES string of the molecule is C=CC1CC(=O)N(c2cc(OC)cc(OC)c2)C1. The summed E-state index contributed by atoms with van der Waals surface area (Å²) in [6.07, 6.45) is 2.35. The maximum Gasteiger partial charge on any atom is 0.227 e. The molecular weight excluding hydrogens is 230 g/mol. The molecule has 0 spiro atoms. The molecule has 1 aromatic rings. The molecule has 1 aliphatic heterocycles. The number of ether oxygens (including phenoxy) is 2. The van der Waals surface area contributed by atoms with E-state index in [1.165, 1.54) is 0 Å². The van der Waals surface area contributed by atoms with Crippen molar-refractivity contribution in [2.24, 2.45) is 5.92 Å². The molecule has 4 heteroatoms. The number of hydrogen-bond donors (Lipinski definition) is 0. The Kier molecular flexibility index (Phi) is 3.55. The molecule has 1 atom stereocenters. The molecule has 0 bridgehead atoms. The summed E-state index contributed by atoms with van der Waals surface area (Å²) in [5.74, 6) is 1.68. The molecule has 1 amide bonds. The Morgan fingerprint density at radius 3 is 2.33 bits per heavy atom. The molecule has 1 aliphatic rings. The average molecular weight is 247 g/mol. The number of amides is 1. The molecule has 0 aliphatic carbocycles. The zero-order valence-electron chi connectivity index (χ0n) is 10.7. The first-order valence-electron chi connectivity index (χ1n) is 5.84. The summed E-state index contributed by atoms with van der Waals surface area (Å²) in [5.41, 5.74) is 0.806. The van der Waals surface area contributed by atoms with E-state index in [0.29, 0.717) is 24.5 Å². The molecule has 0 radical (unpaired) electrons. The Hall–Kier alpha value is -1.97. The van der Waals surface area contributed by atoms with Crippen molar-refractivity contribution in [1.29, 1.82) is 0 Å². The fraction of sp³-hybridized carbons (Fsp3) is 0.357. The molecule has 1 aromatic carbocycles. The number of hydrogen-bond acceptors (Lipinski definition) is 3. The van der Waals surface area contributed by atoms with E-state index >= 15 is 0 Å². The first kappa shape index (κ1) is 12.5. The highest BCUT2D eigenvalue weighted by atomic mass is 16.5. The summed E-state index contributed by atoms with van der Waals surface area (Å²) in [4.78, 5) is 13.7. The van der Waals surface area contributed by atoms with Crippen molar-refractivity contribution in [2.75, 3.05) is 25.7 Å². The molecule has 0 saturated carbocycles. The molecule has 0 aromatic heterocycles. The minimum Gasteiger partial charge on any atom is -0.497 e. The van der Waals surface area contributed by atoms with E-state index in [2.05, 4.69) is 6.58 Å². The first-order chi connectivity index (χ1) is 8.67. The van der Waals surface area contributed by atoms with Gasteiger partial charge in [0.1, 0.15) is 11.5 Å². The minimum absolute atomic E-state index is 0.107. The van der Waals surface area contributed by atoms with Crippen molar-refractivity contribution in [3.63, 3.8) is 0 Å². The molecular formula is C14H17NO3. The molecule has 1 heterocycles. The topological polar surface area (TPSA) is 38.8 Å². The monoisotopic (exact) mass is 247 g/mol. The largest absolute Gasteiger partial charge is 0.497 e. The molecule has 96 valence electrons. The van der Waals surface area contributed by atoms with Gasteiger partial charge in [0.2, 0.25) is 5.91 Å². The van der Waals surface area contributed by atoms with Crippen LogP contribution in [0.2, 0.25) is 0 Å². The van der Waals surface area contributed by atoms with Crippen LogP contribution in [0.4, 0.5) is 5.69 Å². The quantitative estimate of drug-likeness (QED) is 0.766. The first-order valence-corrected chi connectivity index (χ1v) is 5.84. The number of carbonyl (C=O) groups excluding carboxylic acids is 1. The van der Waals surface area contributed by atoms with Gasteiger partial charge in [0.25, 0.3) is 0 Å². The molecule has 1 unspecified atom stereocenters. The molecule has 1 fully saturated rings. The molecule has 18 heavy (non-hydrogen) atoms. The summed E-state index contributed by atoms with van der Waals surface area (Å²) in [5, 5.41) is 0. The Labute approximate surface area is 107 Å². The summed E-state index contributed by atoms with van der Waals surface area (Å²) in [6.45, 7) is 4.41. The van der Waals surface area contributed by atoms with Gasteiger partial charge in [0.05, 0.1) is 19.9 Å². The van der Waals surface area contributed by atoms with Crippen LogP contribution in [0.1, 0.15) is 6.42 Å². The highest BCUT2D eigenvalue weighted by Crippen LogP contribution is 2.32. The lowest BCUT2D eigenvalue weighted by molar-refractivity contribution is -0.117. The Bertz CT molecular complexity index is 448. The van der Waals surface area contributed by atoms with Crippen LogP contribution >= 0.6 is 0 Å². The van der Waals surface area contributed by atoms with Crippen LogP contribution in [0.15, 0.2) is 30.9 Å². The lowest BCUT2D eigenvalue weighted by atomic mass is 10.1. The maximum atomic E-state index is 11.9. The third kappa shape index (κ3) is 2.32. The fourth-order valence-corrected chi connectivity index (χ4v) is 2.09. The maximum absolute atomic E-state index is 11.9. The lowest BCUT2D eigenvalue weighted by Crippen LogP contribution is -2.24. The van der Waals surface area contributed by atoms with E-state index in [1.807, 2.05) is 18.2 Å². The Balaban J connectivity index is 2.32. The van der Waals surface area contributed by atoms with Crippen LogP contribution in [0.5, 0.6) is 11.5 Å². The van der Waals surface area contributed by atoms with E-state index in [1.54, 1.807) is 25.2 Å². The highest BCUT2D eigenvalue weighted by molar-refractivity contribution is 5.96. The second-order valence-corrected chi connectivity index (χ2v) is 4.28. The van der Waals surface area contributed by atoms with Crippen molar-refractivity contribution >= 4 is 11.6 Å². The summed E-state index contributed by atoms with van der Waals surface area (Å²) in [7, 11) is 3.19. The number of methoxy groups -OCH3 is 2. The second kappa shape index (κ2) is 5.12. The van der Waals surface area contributed by atoms with Gasteiger partial charge in [0.15, 0.2) is 0 Å². The molecule has 4 nitrogen and oxygen atoms in total. The number of benzene rings is 1. The standard InChI is InChI=1S/C14H17NO3/c1-4-10-5-14(16)15(9-10)11-6-12(17-2)8-13(7-11)18-3/h4,6-8,10H,1,5,9H2,2-3H3. The number of nitrogens with zero attached hydrogens (tertiary/aromatic N) is 1. The van der Waals surface area contributed by atoms with Crippen LogP contribution in [-0.2, 0) is 4.79 Å². The predicted octanol–water partition coefficient (Wildman–Crippen LogP) is 2.24. The van der Waals surface area contributed by atoms with Gasteiger partial charge in [-0.05, 0) is 0 Å². The van der Waals surface area contributed by atoms with Crippen molar-refractivity contribution in [2.45, 2.75) is 6.42 Å². The third-order valence-corrected chi connectivity index (χ3v) is 3.14. The van der Waals surface area contributed by atoms with E-state index in [9.17, 15) is 4.79 Å². The summed E-state index contributed by atoms with van der Waals surface area (Å²) >= 11 is 0. The minimum atomic E-state index is 0.107. The Morgan fingerprint density at radius 1 is 1.28 bits per heavy atom. The second-order valence-electron chi connectivity index (χ2n) is 4.28. The lowest BCUT2D eigenvalue weighted by Gasteiger charge is -2.18. The van der Waals surface area contributed by atoms with Crippen molar-refractivity contribution in [3.05, 3.63) is 30.9 Å². The molecule has 0 N–H and O–H groups in total. The average Bonchev–Trinajstić information content (AvgIpc) is 2.79. The van der Waals surface area contributed by atoms with E-state index < -0.39 is 0 Å². The normalized spacial score (nSPS) is 18.9. The fourth-order valence-electron chi connectivity index (χ4n) is 2.09. The van der Waals surface area contributed by atoms with Crippen molar-refractivity contribution < 1.29 is 14.3 Å². The molecule has 1 saturated heterocycles. The van der Waals surface area contributed by atoms with Gasteiger partial charge in [-0.15, -0.1) is 6.58 Å². The van der Waals surface area contributed by atoms with Crippen molar-refractivity contribution in [1.82, 2.24) is 0 Å². The third-order valence-electron chi connectivity index (χ3n) is 3.14. The van der Waals surface area contributed by atoms with Crippen LogP contribution < -0.4 is 14.4 Å². The highest BCUT2D eigenvalue weighted by Gasteiger charge is 2.29. The van der Waals surface area contributed by atoms with Gasteiger partial charge >= 0.3 is 0 Å².